The third-order valence-corrected chi connectivity index (χ3v) is 9.75. The molecule has 3 heterocycles. The van der Waals surface area contributed by atoms with Crippen molar-refractivity contribution in [2.75, 3.05) is 0 Å². The lowest BCUT2D eigenvalue weighted by molar-refractivity contribution is 0.602. The van der Waals surface area contributed by atoms with E-state index in [0.29, 0.717) is 0 Å². The molecule has 0 spiro atoms. The molecule has 218 valence electrons. The van der Waals surface area contributed by atoms with E-state index in [4.69, 9.17) is 0 Å². The van der Waals surface area contributed by atoms with Gasteiger partial charge in [-0.3, -0.25) is 0 Å². The van der Waals surface area contributed by atoms with E-state index in [2.05, 4.69) is 154 Å². The Morgan fingerprint density at radius 1 is 0.378 bits per heavy atom. The molecule has 3 aromatic heterocycles. The van der Waals surface area contributed by atoms with Gasteiger partial charge in [-0.1, -0.05) is 111 Å². The number of aryl methyl sites for hydroxylation is 1. The van der Waals surface area contributed by atoms with Gasteiger partial charge in [-0.15, -0.1) is 0 Å². The zero-order valence-corrected chi connectivity index (χ0v) is 25.6. The summed E-state index contributed by atoms with van der Waals surface area (Å²) in [6.45, 7) is 3.30. The van der Waals surface area contributed by atoms with Gasteiger partial charge in [-0.25, -0.2) is 0 Å². The Morgan fingerprint density at radius 2 is 0.756 bits per heavy atom. The fourth-order valence-corrected chi connectivity index (χ4v) is 7.69. The molecule has 0 aliphatic heterocycles. The summed E-state index contributed by atoms with van der Waals surface area (Å²) in [6, 6.07) is 49.3. The van der Waals surface area contributed by atoms with Crippen molar-refractivity contribution in [3.8, 4) is 11.4 Å². The maximum absolute atomic E-state index is 2.59. The molecule has 6 aromatic carbocycles. The molecule has 0 aliphatic carbocycles. The standard InChI is InChI=1S/C42H35N3/c1-2-3-4-13-26-43-41-27-29(44-37-18-9-5-14-31(37)32-15-6-10-19-38(32)44)22-24-35(41)36-25-23-30(28-42(36)43)45-39-20-11-7-16-33(39)34-17-8-12-21-40(34)45/h5-12,14-25,27-28H,2-4,13,26H2,1H3. The highest BCUT2D eigenvalue weighted by atomic mass is 15.0. The summed E-state index contributed by atoms with van der Waals surface area (Å²) in [5, 5.41) is 7.82. The molecule has 0 bridgehead atoms. The molecule has 0 radical (unpaired) electrons. The highest BCUT2D eigenvalue weighted by Crippen LogP contribution is 2.38. The van der Waals surface area contributed by atoms with Crippen molar-refractivity contribution in [2.45, 2.75) is 39.2 Å². The van der Waals surface area contributed by atoms with Crippen molar-refractivity contribution in [3.05, 3.63) is 133 Å². The normalized spacial score (nSPS) is 12.1. The lowest BCUT2D eigenvalue weighted by Crippen LogP contribution is -2.00. The molecule has 0 fully saturated rings. The topological polar surface area (TPSA) is 14.8 Å². The van der Waals surface area contributed by atoms with Crippen LogP contribution in [0.3, 0.4) is 0 Å². The first-order valence-electron chi connectivity index (χ1n) is 16.3. The van der Waals surface area contributed by atoms with Crippen molar-refractivity contribution in [1.82, 2.24) is 13.7 Å². The van der Waals surface area contributed by atoms with Crippen LogP contribution in [0, 0.1) is 0 Å². The highest BCUT2D eigenvalue weighted by molar-refractivity contribution is 6.13. The van der Waals surface area contributed by atoms with Crippen LogP contribution in [0.25, 0.3) is 76.8 Å². The van der Waals surface area contributed by atoms with Crippen LogP contribution in [0.1, 0.15) is 32.6 Å². The third kappa shape index (κ3) is 3.97. The first-order valence-corrected chi connectivity index (χ1v) is 16.3. The Balaban J connectivity index is 1.29. The van der Waals surface area contributed by atoms with Crippen molar-refractivity contribution < 1.29 is 0 Å². The van der Waals surface area contributed by atoms with Crippen LogP contribution >= 0.6 is 0 Å². The number of fused-ring (bicyclic) bond motifs is 9. The third-order valence-electron chi connectivity index (χ3n) is 9.75. The fraction of sp³-hybridized carbons (Fsp3) is 0.143. The molecule has 0 N–H and O–H groups in total. The van der Waals surface area contributed by atoms with E-state index in [-0.39, 0.29) is 0 Å². The maximum atomic E-state index is 2.59. The predicted octanol–water partition coefficient (Wildman–Crippen LogP) is 11.6. The van der Waals surface area contributed by atoms with Gasteiger partial charge in [0.25, 0.3) is 0 Å². The molecule has 0 aliphatic rings. The summed E-state index contributed by atoms with van der Waals surface area (Å²) < 4.78 is 7.47. The summed E-state index contributed by atoms with van der Waals surface area (Å²) >= 11 is 0. The second-order valence-corrected chi connectivity index (χ2v) is 12.4. The van der Waals surface area contributed by atoms with Crippen LogP contribution in [-0.2, 0) is 6.54 Å². The number of rotatable bonds is 7. The zero-order valence-electron chi connectivity index (χ0n) is 25.6. The largest absolute Gasteiger partial charge is 0.340 e. The van der Waals surface area contributed by atoms with Gasteiger partial charge in [-0.2, -0.15) is 0 Å². The Kier molecular flexibility index (Phi) is 6.05. The fourth-order valence-electron chi connectivity index (χ4n) is 7.69. The average molecular weight is 582 g/mol. The van der Waals surface area contributed by atoms with Gasteiger partial charge in [0.15, 0.2) is 0 Å². The molecule has 3 heteroatoms. The van der Waals surface area contributed by atoms with E-state index in [1.165, 1.54) is 102 Å². The number of nitrogens with zero attached hydrogens (tertiary/aromatic N) is 3. The minimum absolute atomic E-state index is 1.01. The number of aromatic nitrogens is 3. The molecule has 0 amide bonds. The average Bonchev–Trinajstić information content (AvgIpc) is 3.72. The molecule has 9 rings (SSSR count). The maximum Gasteiger partial charge on any atom is 0.0541 e. The number of hydrogen-bond donors (Lipinski definition) is 0. The van der Waals surface area contributed by atoms with Crippen LogP contribution in [0.4, 0.5) is 0 Å². The van der Waals surface area contributed by atoms with Crippen molar-refractivity contribution in [2.24, 2.45) is 0 Å². The second kappa shape index (κ2) is 10.4. The SMILES string of the molecule is CCCCCCn1c2cc(-n3c4ccccc4c4ccccc43)ccc2c2ccc(-n3c4ccccc4c4ccccc43)cc21. The Hall–Kier alpha value is -5.28. The number of benzene rings is 6. The van der Waals surface area contributed by atoms with Crippen LogP contribution in [-0.4, -0.2) is 13.7 Å². The van der Waals surface area contributed by atoms with E-state index in [0.717, 1.165) is 6.54 Å². The quantitative estimate of drug-likeness (QED) is 0.166. The summed E-state index contributed by atoms with van der Waals surface area (Å²) in [4.78, 5) is 0. The van der Waals surface area contributed by atoms with Gasteiger partial charge in [0.05, 0.1) is 33.1 Å². The molecule has 0 atom stereocenters. The minimum atomic E-state index is 1.01. The smallest absolute Gasteiger partial charge is 0.0541 e. The molecule has 0 unspecified atom stereocenters. The van der Waals surface area contributed by atoms with Crippen LogP contribution in [0.5, 0.6) is 0 Å². The lowest BCUT2D eigenvalue weighted by atomic mass is 10.1. The molecular formula is C42H35N3. The summed E-state index contributed by atoms with van der Waals surface area (Å²) in [6.07, 6.45) is 4.93. The van der Waals surface area contributed by atoms with Gasteiger partial charge < -0.3 is 13.7 Å². The lowest BCUT2D eigenvalue weighted by Gasteiger charge is -2.12. The van der Waals surface area contributed by atoms with Crippen molar-refractivity contribution in [1.29, 1.82) is 0 Å². The molecule has 9 aromatic rings. The van der Waals surface area contributed by atoms with Crippen LogP contribution in [0.15, 0.2) is 133 Å². The monoisotopic (exact) mass is 581 g/mol. The van der Waals surface area contributed by atoms with E-state index < -0.39 is 0 Å². The van der Waals surface area contributed by atoms with Gasteiger partial charge in [0, 0.05) is 50.2 Å². The zero-order chi connectivity index (χ0) is 29.9. The van der Waals surface area contributed by atoms with Crippen LogP contribution < -0.4 is 0 Å². The predicted molar refractivity (Wildman–Crippen MR) is 192 cm³/mol. The van der Waals surface area contributed by atoms with Crippen molar-refractivity contribution >= 4 is 65.4 Å². The van der Waals surface area contributed by atoms with E-state index in [1.54, 1.807) is 0 Å². The van der Waals surface area contributed by atoms with Crippen LogP contribution in [0.2, 0.25) is 0 Å². The summed E-state index contributed by atoms with van der Waals surface area (Å²) in [7, 11) is 0. The first-order chi connectivity index (χ1) is 22.3. The molecule has 45 heavy (non-hydrogen) atoms. The second-order valence-electron chi connectivity index (χ2n) is 12.4. The van der Waals surface area contributed by atoms with E-state index in [9.17, 15) is 0 Å². The minimum Gasteiger partial charge on any atom is -0.340 e. The van der Waals surface area contributed by atoms with Gasteiger partial charge in [0.2, 0.25) is 0 Å². The molecular weight excluding hydrogens is 546 g/mol. The molecule has 3 nitrogen and oxygen atoms in total. The van der Waals surface area contributed by atoms with E-state index in [1.807, 2.05) is 0 Å². The van der Waals surface area contributed by atoms with Gasteiger partial charge in [0.1, 0.15) is 0 Å². The number of hydrogen-bond acceptors (Lipinski definition) is 0. The Bertz CT molecular complexity index is 2260. The Labute approximate surface area is 262 Å². The molecule has 0 saturated carbocycles. The highest BCUT2D eigenvalue weighted by Gasteiger charge is 2.17. The van der Waals surface area contributed by atoms with Gasteiger partial charge >= 0.3 is 0 Å². The van der Waals surface area contributed by atoms with Crippen molar-refractivity contribution in [3.63, 3.8) is 0 Å². The summed E-state index contributed by atoms with van der Waals surface area (Å²) in [5.41, 5.74) is 10.0. The number of unbranched alkanes of at least 4 members (excludes halogenated alkanes) is 3. The first kappa shape index (κ1) is 26.2. The Morgan fingerprint density at radius 3 is 1.16 bits per heavy atom. The number of para-hydroxylation sites is 4. The summed E-state index contributed by atoms with van der Waals surface area (Å²) in [5.74, 6) is 0. The van der Waals surface area contributed by atoms with E-state index >= 15 is 0 Å². The molecule has 0 saturated heterocycles. The van der Waals surface area contributed by atoms with Gasteiger partial charge in [-0.05, 0) is 55.0 Å².